The molecule has 2 N–H and O–H groups in total. The van der Waals surface area contributed by atoms with Crippen molar-refractivity contribution in [3.8, 4) is 0 Å². The third-order valence-corrected chi connectivity index (χ3v) is 2.16. The highest BCUT2D eigenvalue weighted by molar-refractivity contribution is 6.09. The summed E-state index contributed by atoms with van der Waals surface area (Å²) in [6.07, 6.45) is 2.85. The predicted molar refractivity (Wildman–Crippen MR) is 63.4 cm³/mol. The molecule has 0 atom stereocenters. The van der Waals surface area contributed by atoms with Crippen molar-refractivity contribution < 1.29 is 14.7 Å². The highest BCUT2D eigenvalue weighted by atomic mass is 16.4. The van der Waals surface area contributed by atoms with E-state index in [1.807, 2.05) is 0 Å². The van der Waals surface area contributed by atoms with Gasteiger partial charge in [-0.2, -0.15) is 0 Å². The standard InChI is InChI=1S/C12H9N3O3/c16-11(15-9-5-1-2-6-13-9)8-4-3-7-14-10(8)12(17)18/h1-7H,(H,17,18)(H,13,15,16). The number of nitrogens with zero attached hydrogens (tertiary/aromatic N) is 2. The zero-order chi connectivity index (χ0) is 13.0. The van der Waals surface area contributed by atoms with Crippen LogP contribution < -0.4 is 5.32 Å². The molecule has 0 aliphatic rings. The van der Waals surface area contributed by atoms with E-state index in [1.54, 1.807) is 18.2 Å². The zero-order valence-corrected chi connectivity index (χ0v) is 9.20. The van der Waals surface area contributed by atoms with Gasteiger partial charge in [-0.05, 0) is 24.3 Å². The van der Waals surface area contributed by atoms with Crippen molar-refractivity contribution in [2.75, 3.05) is 5.32 Å². The molecule has 1 amide bonds. The summed E-state index contributed by atoms with van der Waals surface area (Å²) in [6.45, 7) is 0. The number of hydrogen-bond acceptors (Lipinski definition) is 4. The number of anilines is 1. The normalized spacial score (nSPS) is 9.78. The second-order valence-corrected chi connectivity index (χ2v) is 3.37. The molecule has 0 bridgehead atoms. The van der Waals surface area contributed by atoms with Crippen LogP contribution in [-0.2, 0) is 0 Å². The highest BCUT2D eigenvalue weighted by Crippen LogP contribution is 2.09. The van der Waals surface area contributed by atoms with Crippen LogP contribution in [0.25, 0.3) is 0 Å². The van der Waals surface area contributed by atoms with E-state index in [9.17, 15) is 9.59 Å². The van der Waals surface area contributed by atoms with Crippen LogP contribution in [-0.4, -0.2) is 27.0 Å². The summed E-state index contributed by atoms with van der Waals surface area (Å²) in [7, 11) is 0. The largest absolute Gasteiger partial charge is 0.476 e. The number of aromatic carboxylic acids is 1. The summed E-state index contributed by atoms with van der Waals surface area (Å²) >= 11 is 0. The van der Waals surface area contributed by atoms with E-state index in [-0.39, 0.29) is 11.3 Å². The Balaban J connectivity index is 2.27. The number of nitrogens with one attached hydrogen (secondary N) is 1. The van der Waals surface area contributed by atoms with Crippen LogP contribution in [0, 0.1) is 0 Å². The maximum Gasteiger partial charge on any atom is 0.355 e. The Hall–Kier alpha value is -2.76. The van der Waals surface area contributed by atoms with Gasteiger partial charge in [0.05, 0.1) is 5.56 Å². The third-order valence-electron chi connectivity index (χ3n) is 2.16. The van der Waals surface area contributed by atoms with Gasteiger partial charge in [-0.3, -0.25) is 4.79 Å². The molecule has 0 unspecified atom stereocenters. The van der Waals surface area contributed by atoms with Crippen LogP contribution in [0.3, 0.4) is 0 Å². The van der Waals surface area contributed by atoms with Crippen molar-refractivity contribution in [2.45, 2.75) is 0 Å². The first-order chi connectivity index (χ1) is 8.68. The van der Waals surface area contributed by atoms with Gasteiger partial charge in [0, 0.05) is 12.4 Å². The summed E-state index contributed by atoms with van der Waals surface area (Å²) in [5.74, 6) is -1.45. The zero-order valence-electron chi connectivity index (χ0n) is 9.20. The molecule has 2 heterocycles. The van der Waals surface area contributed by atoms with Gasteiger partial charge in [-0.25, -0.2) is 14.8 Å². The molecule has 0 fully saturated rings. The van der Waals surface area contributed by atoms with E-state index in [1.165, 1.54) is 24.5 Å². The van der Waals surface area contributed by atoms with Crippen LogP contribution in [0.2, 0.25) is 0 Å². The Morgan fingerprint density at radius 1 is 1.06 bits per heavy atom. The number of aromatic nitrogens is 2. The molecule has 2 rings (SSSR count). The van der Waals surface area contributed by atoms with Crippen molar-refractivity contribution in [1.29, 1.82) is 0 Å². The minimum atomic E-state index is -1.25. The van der Waals surface area contributed by atoms with Crippen LogP contribution in [0.1, 0.15) is 20.8 Å². The second-order valence-electron chi connectivity index (χ2n) is 3.37. The molecule has 2 aromatic heterocycles. The van der Waals surface area contributed by atoms with Gasteiger partial charge in [0.25, 0.3) is 5.91 Å². The van der Waals surface area contributed by atoms with E-state index in [4.69, 9.17) is 5.11 Å². The number of carbonyl (C=O) groups excluding carboxylic acids is 1. The molecule has 6 heteroatoms. The average Bonchev–Trinajstić information content (AvgIpc) is 2.40. The van der Waals surface area contributed by atoms with Crippen molar-refractivity contribution in [1.82, 2.24) is 9.97 Å². The number of hydrogen-bond donors (Lipinski definition) is 2. The number of carboxylic acids is 1. The number of carboxylic acid groups (broad SMARTS) is 1. The second kappa shape index (κ2) is 5.05. The quantitative estimate of drug-likeness (QED) is 0.850. The topological polar surface area (TPSA) is 92.2 Å². The van der Waals surface area contributed by atoms with Crippen LogP contribution >= 0.6 is 0 Å². The lowest BCUT2D eigenvalue weighted by atomic mass is 10.2. The number of carbonyl (C=O) groups is 2. The monoisotopic (exact) mass is 243 g/mol. The Labute approximate surface area is 102 Å². The van der Waals surface area contributed by atoms with E-state index >= 15 is 0 Å². The smallest absolute Gasteiger partial charge is 0.355 e. The molecule has 0 aliphatic heterocycles. The minimum absolute atomic E-state index is 0.00402. The molecule has 2 aromatic rings. The Morgan fingerprint density at radius 3 is 2.50 bits per heavy atom. The summed E-state index contributed by atoms with van der Waals surface area (Å²) in [5, 5.41) is 11.4. The first kappa shape index (κ1) is 11.7. The lowest BCUT2D eigenvalue weighted by molar-refractivity contribution is 0.0686. The van der Waals surface area contributed by atoms with Crippen molar-refractivity contribution in [3.63, 3.8) is 0 Å². The molecular weight excluding hydrogens is 234 g/mol. The summed E-state index contributed by atoms with van der Waals surface area (Å²) in [6, 6.07) is 7.93. The van der Waals surface area contributed by atoms with Gasteiger partial charge >= 0.3 is 5.97 Å². The molecule has 0 saturated carbocycles. The highest BCUT2D eigenvalue weighted by Gasteiger charge is 2.17. The van der Waals surface area contributed by atoms with E-state index in [0.717, 1.165) is 0 Å². The van der Waals surface area contributed by atoms with Crippen LogP contribution in [0.15, 0.2) is 42.7 Å². The fourth-order valence-electron chi connectivity index (χ4n) is 1.38. The minimum Gasteiger partial charge on any atom is -0.476 e. The average molecular weight is 243 g/mol. The van der Waals surface area contributed by atoms with Crippen LogP contribution in [0.5, 0.6) is 0 Å². The maximum atomic E-state index is 11.9. The first-order valence-electron chi connectivity index (χ1n) is 5.09. The van der Waals surface area contributed by atoms with E-state index < -0.39 is 11.9 Å². The van der Waals surface area contributed by atoms with Crippen molar-refractivity contribution >= 4 is 17.7 Å². The summed E-state index contributed by atoms with van der Waals surface area (Å²) < 4.78 is 0. The number of amides is 1. The molecule has 6 nitrogen and oxygen atoms in total. The van der Waals surface area contributed by atoms with E-state index in [2.05, 4.69) is 15.3 Å². The van der Waals surface area contributed by atoms with Gasteiger partial charge < -0.3 is 10.4 Å². The van der Waals surface area contributed by atoms with Gasteiger partial charge in [0.15, 0.2) is 5.69 Å². The SMILES string of the molecule is O=C(Nc1ccccn1)c1cccnc1C(=O)O. The Kier molecular flexibility index (Phi) is 3.29. The lowest BCUT2D eigenvalue weighted by Crippen LogP contribution is -2.18. The van der Waals surface area contributed by atoms with Crippen molar-refractivity contribution in [3.05, 3.63) is 54.0 Å². The summed E-state index contributed by atoms with van der Waals surface area (Å²) in [5.41, 5.74) is -0.290. The molecule has 0 radical (unpaired) electrons. The first-order valence-corrected chi connectivity index (χ1v) is 5.09. The lowest BCUT2D eigenvalue weighted by Gasteiger charge is -2.05. The maximum absolute atomic E-state index is 11.9. The molecule has 90 valence electrons. The molecule has 0 aromatic carbocycles. The van der Waals surface area contributed by atoms with Gasteiger partial charge in [-0.1, -0.05) is 6.07 Å². The molecule has 18 heavy (non-hydrogen) atoms. The molecule has 0 saturated heterocycles. The fraction of sp³-hybridized carbons (Fsp3) is 0. The fourth-order valence-corrected chi connectivity index (χ4v) is 1.38. The molecule has 0 spiro atoms. The number of pyridine rings is 2. The summed E-state index contributed by atoms with van der Waals surface area (Å²) in [4.78, 5) is 30.4. The predicted octanol–water partition coefficient (Wildman–Crippen LogP) is 1.43. The molecular formula is C12H9N3O3. The number of rotatable bonds is 3. The Bertz CT molecular complexity index is 584. The van der Waals surface area contributed by atoms with E-state index in [0.29, 0.717) is 5.82 Å². The van der Waals surface area contributed by atoms with Gasteiger partial charge in [-0.15, -0.1) is 0 Å². The molecule has 0 aliphatic carbocycles. The van der Waals surface area contributed by atoms with Gasteiger partial charge in [0.2, 0.25) is 0 Å². The van der Waals surface area contributed by atoms with Crippen LogP contribution in [0.4, 0.5) is 5.82 Å². The Morgan fingerprint density at radius 2 is 1.83 bits per heavy atom. The van der Waals surface area contributed by atoms with Crippen molar-refractivity contribution in [2.24, 2.45) is 0 Å². The van der Waals surface area contributed by atoms with Gasteiger partial charge in [0.1, 0.15) is 5.82 Å². The third kappa shape index (κ3) is 2.49.